The van der Waals surface area contributed by atoms with Gasteiger partial charge in [0.25, 0.3) is 0 Å². The number of sulfonamides is 1. The van der Waals surface area contributed by atoms with Gasteiger partial charge in [-0.3, -0.25) is 0 Å². The second kappa shape index (κ2) is 6.31. The van der Waals surface area contributed by atoms with Gasteiger partial charge in [0.05, 0.1) is 22.6 Å². The smallest absolute Gasteiger partial charge is 0.339 e. The Bertz CT molecular complexity index is 648. The fraction of sp³-hybridized carbons (Fsp3) is 0.462. The van der Waals surface area contributed by atoms with E-state index in [9.17, 15) is 13.2 Å². The molecule has 1 fully saturated rings. The third-order valence-corrected chi connectivity index (χ3v) is 5.81. The second-order valence-electron chi connectivity index (χ2n) is 4.78. The Morgan fingerprint density at radius 3 is 2.81 bits per heavy atom. The number of hydrogen-bond donors (Lipinski definition) is 1. The number of benzene rings is 1. The van der Waals surface area contributed by atoms with Gasteiger partial charge in [0.2, 0.25) is 10.0 Å². The first-order valence-electron chi connectivity index (χ1n) is 6.51. The molecular formula is C13H17ClN2O4S. The number of carbonyl (C=O) groups is 1. The molecule has 1 atom stereocenters. The van der Waals surface area contributed by atoms with Gasteiger partial charge in [-0.15, -0.1) is 0 Å². The van der Waals surface area contributed by atoms with Crippen LogP contribution in [0.15, 0.2) is 23.1 Å². The molecule has 0 spiro atoms. The molecule has 21 heavy (non-hydrogen) atoms. The van der Waals surface area contributed by atoms with E-state index in [0.29, 0.717) is 6.54 Å². The SMILES string of the molecule is COC(=O)c1ccc(S(=O)(=O)N2CCCC2CN)cc1Cl. The second-order valence-corrected chi connectivity index (χ2v) is 7.08. The molecule has 1 aromatic rings. The minimum Gasteiger partial charge on any atom is -0.465 e. The predicted molar refractivity (Wildman–Crippen MR) is 78.8 cm³/mol. The minimum atomic E-state index is -3.65. The van der Waals surface area contributed by atoms with Gasteiger partial charge in [-0.1, -0.05) is 11.6 Å². The molecule has 2 rings (SSSR count). The van der Waals surface area contributed by atoms with Gasteiger partial charge >= 0.3 is 5.97 Å². The third-order valence-electron chi connectivity index (χ3n) is 3.55. The summed E-state index contributed by atoms with van der Waals surface area (Å²) < 4.78 is 31.2. The molecule has 1 saturated heterocycles. The summed E-state index contributed by atoms with van der Waals surface area (Å²) in [6, 6.07) is 3.80. The first-order valence-corrected chi connectivity index (χ1v) is 8.33. The van der Waals surface area contributed by atoms with Gasteiger partial charge in [-0.25, -0.2) is 13.2 Å². The number of nitrogens with zero attached hydrogens (tertiary/aromatic N) is 1. The van der Waals surface area contributed by atoms with E-state index in [1.165, 1.54) is 29.6 Å². The van der Waals surface area contributed by atoms with Crippen LogP contribution >= 0.6 is 11.6 Å². The average molecular weight is 333 g/mol. The maximum Gasteiger partial charge on any atom is 0.339 e. The highest BCUT2D eigenvalue weighted by Gasteiger charge is 2.34. The number of esters is 1. The number of rotatable bonds is 4. The molecule has 116 valence electrons. The van der Waals surface area contributed by atoms with E-state index in [0.717, 1.165) is 12.8 Å². The quantitative estimate of drug-likeness (QED) is 0.838. The lowest BCUT2D eigenvalue weighted by molar-refractivity contribution is 0.0601. The van der Waals surface area contributed by atoms with Crippen molar-refractivity contribution in [2.24, 2.45) is 5.73 Å². The molecule has 8 heteroatoms. The van der Waals surface area contributed by atoms with Gasteiger partial charge in [0.1, 0.15) is 0 Å². The average Bonchev–Trinajstić information content (AvgIpc) is 2.95. The Kier molecular flexibility index (Phi) is 4.88. The Hall–Kier alpha value is -1.15. The number of methoxy groups -OCH3 is 1. The molecule has 1 heterocycles. The first-order chi connectivity index (χ1) is 9.91. The van der Waals surface area contributed by atoms with E-state index in [1.807, 2.05) is 0 Å². The van der Waals surface area contributed by atoms with Crippen molar-refractivity contribution in [2.75, 3.05) is 20.2 Å². The molecule has 1 unspecified atom stereocenters. The molecule has 0 radical (unpaired) electrons. The highest BCUT2D eigenvalue weighted by Crippen LogP contribution is 2.28. The van der Waals surface area contributed by atoms with Crippen molar-refractivity contribution in [1.82, 2.24) is 4.31 Å². The first kappa shape index (κ1) is 16.2. The lowest BCUT2D eigenvalue weighted by atomic mass is 10.2. The molecule has 0 aromatic heterocycles. The van der Waals surface area contributed by atoms with Crippen molar-refractivity contribution >= 4 is 27.6 Å². The van der Waals surface area contributed by atoms with Crippen LogP contribution in [0.5, 0.6) is 0 Å². The largest absolute Gasteiger partial charge is 0.465 e. The van der Waals surface area contributed by atoms with Crippen LogP contribution in [0.3, 0.4) is 0 Å². The van der Waals surface area contributed by atoms with Crippen LogP contribution in [0.4, 0.5) is 0 Å². The summed E-state index contributed by atoms with van der Waals surface area (Å²) in [7, 11) is -2.42. The molecular weight excluding hydrogens is 316 g/mol. The molecule has 1 aliphatic rings. The van der Waals surface area contributed by atoms with Gasteiger partial charge < -0.3 is 10.5 Å². The monoisotopic (exact) mass is 332 g/mol. The van der Waals surface area contributed by atoms with Gasteiger partial charge in [0.15, 0.2) is 0 Å². The van der Waals surface area contributed by atoms with E-state index >= 15 is 0 Å². The summed E-state index contributed by atoms with van der Waals surface area (Å²) in [6.45, 7) is 0.730. The van der Waals surface area contributed by atoms with Crippen LogP contribution in [-0.4, -0.2) is 44.9 Å². The van der Waals surface area contributed by atoms with Gasteiger partial charge in [0, 0.05) is 19.1 Å². The van der Waals surface area contributed by atoms with Crippen LogP contribution < -0.4 is 5.73 Å². The van der Waals surface area contributed by atoms with E-state index < -0.39 is 16.0 Å². The lowest BCUT2D eigenvalue weighted by Gasteiger charge is -2.23. The summed E-state index contributed by atoms with van der Waals surface area (Å²) >= 11 is 5.98. The summed E-state index contributed by atoms with van der Waals surface area (Å²) in [5, 5.41) is 0.0476. The standard InChI is InChI=1S/C13H17ClN2O4S/c1-20-13(17)11-5-4-10(7-12(11)14)21(18,19)16-6-2-3-9(16)8-15/h4-5,7,9H,2-3,6,8,15H2,1H3. The number of hydrogen-bond acceptors (Lipinski definition) is 5. The van der Waals surface area contributed by atoms with Gasteiger partial charge in [-0.2, -0.15) is 4.31 Å². The number of halogens is 1. The summed E-state index contributed by atoms with van der Waals surface area (Å²) in [6.07, 6.45) is 1.54. The molecule has 0 aliphatic carbocycles. The van der Waals surface area contributed by atoms with E-state index in [2.05, 4.69) is 4.74 Å². The van der Waals surface area contributed by atoms with Gasteiger partial charge in [-0.05, 0) is 31.0 Å². The zero-order valence-electron chi connectivity index (χ0n) is 11.6. The zero-order valence-corrected chi connectivity index (χ0v) is 13.2. The summed E-state index contributed by atoms with van der Waals surface area (Å²) in [4.78, 5) is 11.5. The van der Waals surface area contributed by atoms with E-state index in [1.54, 1.807) is 0 Å². The highest BCUT2D eigenvalue weighted by molar-refractivity contribution is 7.89. The number of nitrogens with two attached hydrogens (primary N) is 1. The van der Waals surface area contributed by atoms with Crippen molar-refractivity contribution in [1.29, 1.82) is 0 Å². The normalized spacial score (nSPS) is 19.7. The Labute approximate surface area is 128 Å². The van der Waals surface area contributed by atoms with E-state index in [-0.39, 0.29) is 28.1 Å². The maximum absolute atomic E-state index is 12.6. The van der Waals surface area contributed by atoms with Crippen LogP contribution in [0.2, 0.25) is 5.02 Å². The summed E-state index contributed by atoms with van der Waals surface area (Å²) in [5.41, 5.74) is 5.75. The predicted octanol–water partition coefficient (Wildman–Crippen LogP) is 1.24. The maximum atomic E-state index is 12.6. The Balaban J connectivity index is 2.37. The lowest BCUT2D eigenvalue weighted by Crippen LogP contribution is -2.39. The van der Waals surface area contributed by atoms with Crippen LogP contribution in [-0.2, 0) is 14.8 Å². The topological polar surface area (TPSA) is 89.7 Å². The summed E-state index contributed by atoms with van der Waals surface area (Å²) in [5.74, 6) is -0.607. The van der Waals surface area contributed by atoms with Crippen LogP contribution in [0.1, 0.15) is 23.2 Å². The molecule has 6 nitrogen and oxygen atoms in total. The van der Waals surface area contributed by atoms with Crippen molar-refractivity contribution in [2.45, 2.75) is 23.8 Å². The molecule has 0 amide bonds. The van der Waals surface area contributed by atoms with Crippen molar-refractivity contribution < 1.29 is 17.9 Å². The van der Waals surface area contributed by atoms with Crippen molar-refractivity contribution in [3.8, 4) is 0 Å². The molecule has 0 bridgehead atoms. The van der Waals surface area contributed by atoms with E-state index in [4.69, 9.17) is 17.3 Å². The molecule has 1 aromatic carbocycles. The number of ether oxygens (including phenoxy) is 1. The van der Waals surface area contributed by atoms with Crippen molar-refractivity contribution in [3.63, 3.8) is 0 Å². The fourth-order valence-electron chi connectivity index (χ4n) is 2.43. The Morgan fingerprint density at radius 1 is 1.52 bits per heavy atom. The Morgan fingerprint density at radius 2 is 2.24 bits per heavy atom. The highest BCUT2D eigenvalue weighted by atomic mass is 35.5. The van der Waals surface area contributed by atoms with Crippen LogP contribution in [0.25, 0.3) is 0 Å². The third kappa shape index (κ3) is 3.06. The molecule has 1 aliphatic heterocycles. The minimum absolute atomic E-state index is 0.0476. The number of carbonyl (C=O) groups excluding carboxylic acids is 1. The van der Waals surface area contributed by atoms with Crippen LogP contribution in [0, 0.1) is 0 Å². The van der Waals surface area contributed by atoms with Crippen molar-refractivity contribution in [3.05, 3.63) is 28.8 Å². The zero-order chi connectivity index (χ0) is 15.6. The fourth-order valence-corrected chi connectivity index (χ4v) is 4.48. The molecule has 0 saturated carbocycles. The molecule has 2 N–H and O–H groups in total.